The van der Waals surface area contributed by atoms with E-state index in [4.69, 9.17) is 0 Å². The lowest BCUT2D eigenvalue weighted by Gasteiger charge is -2.31. The fourth-order valence-electron chi connectivity index (χ4n) is 3.31. The van der Waals surface area contributed by atoms with Crippen LogP contribution in [0.3, 0.4) is 0 Å². The van der Waals surface area contributed by atoms with Crippen LogP contribution in [0.4, 0.5) is 46.5 Å². The summed E-state index contributed by atoms with van der Waals surface area (Å²) in [5, 5.41) is 2.15. The van der Waals surface area contributed by atoms with Gasteiger partial charge in [-0.25, -0.2) is 8.78 Å². The van der Waals surface area contributed by atoms with E-state index in [2.05, 4.69) is 42.2 Å². The first-order chi connectivity index (χ1) is 17.5. The van der Waals surface area contributed by atoms with Crippen LogP contribution >= 0.6 is 31.9 Å². The molecule has 0 atom stereocenters. The number of pyridine rings is 1. The highest BCUT2D eigenvalue weighted by Gasteiger charge is 2.73. The summed E-state index contributed by atoms with van der Waals surface area (Å²) in [6.45, 7) is 0. The van der Waals surface area contributed by atoms with Gasteiger partial charge in [0.1, 0.15) is 0 Å². The van der Waals surface area contributed by atoms with Gasteiger partial charge in [-0.05, 0) is 68.3 Å². The molecule has 3 rings (SSSR count). The summed E-state index contributed by atoms with van der Waals surface area (Å²) in [5.41, 5.74) is -8.66. The van der Waals surface area contributed by atoms with Crippen LogP contribution in [-0.2, 0) is 5.67 Å². The predicted octanol–water partition coefficient (Wildman–Crippen LogP) is 7.56. The van der Waals surface area contributed by atoms with Crippen molar-refractivity contribution in [1.82, 2.24) is 4.98 Å². The molecule has 3 aromatic rings. The Bertz CT molecular complexity index is 1340. The van der Waals surface area contributed by atoms with Gasteiger partial charge in [0.2, 0.25) is 0 Å². The minimum Gasteiger partial charge on any atom is -0.320 e. The molecule has 2 aromatic carbocycles. The number of nitrogens with one attached hydrogen (secondary N) is 1. The van der Waals surface area contributed by atoms with Crippen LogP contribution in [0.1, 0.15) is 26.3 Å². The third-order valence-corrected chi connectivity index (χ3v) is 6.53. The summed E-state index contributed by atoms with van der Waals surface area (Å²) in [6, 6.07) is 6.67. The number of carbonyl (C=O) groups is 2. The van der Waals surface area contributed by atoms with Crippen LogP contribution in [0.25, 0.3) is 0 Å². The number of nitrogens with zero attached hydrogens (tertiary/aromatic N) is 2. The number of amides is 2. The summed E-state index contributed by atoms with van der Waals surface area (Å²) in [4.78, 5) is 30.2. The van der Waals surface area contributed by atoms with E-state index in [9.17, 15) is 40.3 Å². The van der Waals surface area contributed by atoms with Gasteiger partial charge in [0.05, 0.1) is 16.9 Å². The van der Waals surface area contributed by atoms with E-state index in [-0.39, 0.29) is 23.4 Å². The maximum absolute atomic E-state index is 15.2. The molecule has 0 saturated heterocycles. The Morgan fingerprint density at radius 1 is 0.895 bits per heavy atom. The number of hydrogen-bond acceptors (Lipinski definition) is 3. The topological polar surface area (TPSA) is 62.3 Å². The molecule has 202 valence electrons. The smallest absolute Gasteiger partial charge is 0.320 e. The maximum Gasteiger partial charge on any atom is 0.435 e. The maximum atomic E-state index is 15.2. The number of hydrogen-bond donors (Lipinski definition) is 1. The highest BCUT2D eigenvalue weighted by molar-refractivity contribution is 9.11. The van der Waals surface area contributed by atoms with Gasteiger partial charge in [-0.15, -0.1) is 0 Å². The molecular formula is C23H13Br2F8N3O2. The van der Waals surface area contributed by atoms with E-state index < -0.39 is 61.4 Å². The average Bonchev–Trinajstić information content (AvgIpc) is 2.83. The fourth-order valence-corrected chi connectivity index (χ4v) is 4.70. The molecule has 2 amide bonds. The molecule has 0 fully saturated rings. The summed E-state index contributed by atoms with van der Waals surface area (Å²) in [7, 11) is 1.25. The van der Waals surface area contributed by atoms with Crippen molar-refractivity contribution in [1.29, 1.82) is 0 Å². The van der Waals surface area contributed by atoms with Gasteiger partial charge >= 0.3 is 18.0 Å². The zero-order valence-corrected chi connectivity index (χ0v) is 21.9. The zero-order chi connectivity index (χ0) is 28.6. The Balaban J connectivity index is 1.96. The zero-order valence-electron chi connectivity index (χ0n) is 18.7. The minimum atomic E-state index is -6.35. The van der Waals surface area contributed by atoms with Gasteiger partial charge in [-0.2, -0.15) is 26.3 Å². The summed E-state index contributed by atoms with van der Waals surface area (Å²) < 4.78 is 107. The van der Waals surface area contributed by atoms with Gasteiger partial charge in [0.15, 0.2) is 5.82 Å². The van der Waals surface area contributed by atoms with Crippen molar-refractivity contribution < 1.29 is 44.7 Å². The van der Waals surface area contributed by atoms with E-state index in [1.54, 1.807) is 0 Å². The van der Waals surface area contributed by atoms with Crippen molar-refractivity contribution in [2.45, 2.75) is 18.0 Å². The molecule has 15 heteroatoms. The van der Waals surface area contributed by atoms with Crippen molar-refractivity contribution in [2.24, 2.45) is 0 Å². The Morgan fingerprint density at radius 2 is 1.42 bits per heavy atom. The second-order valence-electron chi connectivity index (χ2n) is 7.66. The fraction of sp³-hybridized carbons (Fsp3) is 0.174. The lowest BCUT2D eigenvalue weighted by Crippen LogP contribution is -2.50. The molecule has 1 N–H and O–H groups in total. The summed E-state index contributed by atoms with van der Waals surface area (Å²) in [5.74, 6) is -2.94. The summed E-state index contributed by atoms with van der Waals surface area (Å²) >= 11 is 5.46. The molecule has 0 aliphatic rings. The van der Waals surface area contributed by atoms with Gasteiger partial charge < -0.3 is 10.2 Å². The predicted molar refractivity (Wildman–Crippen MR) is 128 cm³/mol. The molecule has 0 spiro atoms. The second-order valence-corrected chi connectivity index (χ2v) is 9.37. The monoisotopic (exact) mass is 673 g/mol. The lowest BCUT2D eigenvalue weighted by atomic mass is 9.94. The van der Waals surface area contributed by atoms with E-state index in [1.807, 2.05) is 0 Å². The van der Waals surface area contributed by atoms with Crippen LogP contribution in [0.15, 0.2) is 63.8 Å². The Morgan fingerprint density at radius 3 is 1.92 bits per heavy atom. The first-order valence-electron chi connectivity index (χ1n) is 10.1. The van der Waals surface area contributed by atoms with E-state index >= 15 is 4.39 Å². The number of alkyl halides is 7. The van der Waals surface area contributed by atoms with E-state index in [1.165, 1.54) is 43.7 Å². The Labute approximate surface area is 226 Å². The molecule has 0 aliphatic heterocycles. The van der Waals surface area contributed by atoms with Crippen LogP contribution in [0, 0.1) is 5.82 Å². The second kappa shape index (κ2) is 10.6. The van der Waals surface area contributed by atoms with E-state index in [0.29, 0.717) is 0 Å². The van der Waals surface area contributed by atoms with Crippen LogP contribution in [0.5, 0.6) is 0 Å². The first kappa shape index (κ1) is 29.5. The standard InChI is InChI=1S/C23H13Br2F8N3O2/c1-36(20(38)11-5-7-34-8-6-11)16-4-2-3-13(17(16)26)19(37)35-18-14(24)9-12(10-15(18)25)21(27,22(28,29)30)23(31,32)33/h2-10H,1H3,(H,35,37). The van der Waals surface area contributed by atoms with E-state index in [0.717, 1.165) is 11.0 Å². The molecule has 0 bridgehead atoms. The molecule has 38 heavy (non-hydrogen) atoms. The third kappa shape index (κ3) is 5.39. The highest BCUT2D eigenvalue weighted by Crippen LogP contribution is 2.54. The molecule has 0 unspecified atom stereocenters. The normalized spacial score (nSPS) is 12.3. The van der Waals surface area contributed by atoms with Gasteiger partial charge in [0.25, 0.3) is 11.8 Å². The third-order valence-electron chi connectivity index (χ3n) is 5.28. The van der Waals surface area contributed by atoms with Crippen molar-refractivity contribution >= 4 is 55.0 Å². The van der Waals surface area contributed by atoms with Crippen LogP contribution < -0.4 is 10.2 Å². The number of halogens is 10. The highest BCUT2D eigenvalue weighted by atomic mass is 79.9. The molecule has 0 aliphatic carbocycles. The van der Waals surface area contributed by atoms with Crippen molar-refractivity contribution in [3.05, 3.63) is 86.3 Å². The van der Waals surface area contributed by atoms with Crippen molar-refractivity contribution in [2.75, 3.05) is 17.3 Å². The van der Waals surface area contributed by atoms with Crippen molar-refractivity contribution in [3.8, 4) is 0 Å². The van der Waals surface area contributed by atoms with Gasteiger partial charge in [-0.3, -0.25) is 14.6 Å². The molecule has 1 aromatic heterocycles. The quantitative estimate of drug-likeness (QED) is 0.284. The van der Waals surface area contributed by atoms with Crippen LogP contribution in [0.2, 0.25) is 0 Å². The Hall–Kier alpha value is -3.07. The van der Waals surface area contributed by atoms with Gasteiger partial charge in [0, 0.05) is 39.5 Å². The first-order valence-corrected chi connectivity index (χ1v) is 11.7. The molecular weight excluding hydrogens is 662 g/mol. The van der Waals surface area contributed by atoms with Crippen LogP contribution in [-0.4, -0.2) is 36.2 Å². The lowest BCUT2D eigenvalue weighted by molar-refractivity contribution is -0.348. The number of anilines is 2. The largest absolute Gasteiger partial charge is 0.435 e. The SMILES string of the molecule is CN(C(=O)c1ccncc1)c1cccc(C(=O)Nc2c(Br)cc(C(F)(C(F)(F)F)C(F)(F)F)cc2Br)c1F. The van der Waals surface area contributed by atoms with Crippen molar-refractivity contribution in [3.63, 3.8) is 0 Å². The molecule has 0 saturated carbocycles. The Kier molecular flexibility index (Phi) is 8.22. The summed E-state index contributed by atoms with van der Waals surface area (Å²) in [6.07, 6.45) is -10.0. The number of rotatable bonds is 5. The molecule has 0 radical (unpaired) electrons. The number of benzene rings is 2. The van der Waals surface area contributed by atoms with Gasteiger partial charge in [-0.1, -0.05) is 6.07 Å². The number of aromatic nitrogens is 1. The molecule has 5 nitrogen and oxygen atoms in total. The number of carbonyl (C=O) groups excluding carboxylic acids is 2. The average molecular weight is 675 g/mol. The minimum absolute atomic E-state index is 0.173. The molecule has 1 heterocycles.